The van der Waals surface area contributed by atoms with E-state index in [9.17, 15) is 14.0 Å². The van der Waals surface area contributed by atoms with Gasteiger partial charge in [0.05, 0.1) is 42.7 Å². The van der Waals surface area contributed by atoms with Crippen molar-refractivity contribution in [3.63, 3.8) is 0 Å². The summed E-state index contributed by atoms with van der Waals surface area (Å²) in [6.07, 6.45) is 2.85. The van der Waals surface area contributed by atoms with Gasteiger partial charge in [0, 0.05) is 23.3 Å². The van der Waals surface area contributed by atoms with E-state index >= 15 is 0 Å². The van der Waals surface area contributed by atoms with Gasteiger partial charge in [-0.1, -0.05) is 13.8 Å². The van der Waals surface area contributed by atoms with Gasteiger partial charge in [-0.3, -0.25) is 14.8 Å². The van der Waals surface area contributed by atoms with Crippen molar-refractivity contribution in [2.24, 2.45) is 0 Å². The highest BCUT2D eigenvalue weighted by molar-refractivity contribution is 5.98. The Bertz CT molecular complexity index is 1380. The van der Waals surface area contributed by atoms with Gasteiger partial charge in [-0.05, 0) is 61.0 Å². The molecule has 9 heteroatoms. The monoisotopic (exact) mass is 489 g/mol. The minimum atomic E-state index is -0.511. The van der Waals surface area contributed by atoms with Crippen LogP contribution in [0, 0.1) is 12.7 Å². The van der Waals surface area contributed by atoms with Crippen LogP contribution in [0.3, 0.4) is 0 Å². The van der Waals surface area contributed by atoms with Crippen LogP contribution in [0.25, 0.3) is 10.9 Å². The lowest BCUT2D eigenvalue weighted by molar-refractivity contribution is 0.0599. The number of carbonyl (C=O) groups excluding carboxylic acids is 2. The van der Waals surface area contributed by atoms with Crippen molar-refractivity contribution < 1.29 is 18.7 Å². The number of nitrogens with zero attached hydrogens (tertiary/aromatic N) is 4. The summed E-state index contributed by atoms with van der Waals surface area (Å²) >= 11 is 0. The number of esters is 1. The molecule has 1 amide bonds. The van der Waals surface area contributed by atoms with Crippen LogP contribution >= 0.6 is 0 Å². The Morgan fingerprint density at radius 3 is 2.44 bits per heavy atom. The highest BCUT2D eigenvalue weighted by atomic mass is 19.1. The van der Waals surface area contributed by atoms with Gasteiger partial charge in [0.15, 0.2) is 0 Å². The van der Waals surface area contributed by atoms with E-state index in [1.165, 1.54) is 36.5 Å². The largest absolute Gasteiger partial charge is 0.465 e. The first kappa shape index (κ1) is 26.2. The summed E-state index contributed by atoms with van der Waals surface area (Å²) in [5.41, 5.74) is 8.71. The number of carbonyl (C=O) groups is 2. The number of halogens is 1. The molecule has 0 aliphatic carbocycles. The number of aromatic nitrogens is 3. The van der Waals surface area contributed by atoms with E-state index in [1.54, 1.807) is 30.3 Å². The molecule has 3 heterocycles. The third-order valence-electron chi connectivity index (χ3n) is 5.35. The summed E-state index contributed by atoms with van der Waals surface area (Å²) in [5.74, 6) is -0.924. The van der Waals surface area contributed by atoms with E-state index in [1.807, 2.05) is 26.8 Å². The van der Waals surface area contributed by atoms with E-state index in [2.05, 4.69) is 19.7 Å². The SMILES string of the molecule is CC.COC(=O)c1ccc(CN(Cc2ncccc2F)C(=O)c2ccc3nc(N)c(C)cc3c2)nc1. The van der Waals surface area contributed by atoms with E-state index in [4.69, 9.17) is 5.73 Å². The Morgan fingerprint density at radius 2 is 1.78 bits per heavy atom. The van der Waals surface area contributed by atoms with Gasteiger partial charge >= 0.3 is 5.97 Å². The Morgan fingerprint density at radius 1 is 1.03 bits per heavy atom. The summed E-state index contributed by atoms with van der Waals surface area (Å²) in [6.45, 7) is 5.85. The number of nitrogens with two attached hydrogens (primary N) is 1. The molecule has 0 aliphatic heterocycles. The fraction of sp³-hybridized carbons (Fsp3) is 0.222. The van der Waals surface area contributed by atoms with Crippen molar-refractivity contribution in [2.45, 2.75) is 33.9 Å². The maximum Gasteiger partial charge on any atom is 0.339 e. The molecule has 0 aliphatic rings. The second kappa shape index (κ2) is 11.8. The van der Waals surface area contributed by atoms with E-state index in [0.717, 1.165) is 10.9 Å². The first-order valence-electron chi connectivity index (χ1n) is 11.4. The maximum atomic E-state index is 14.3. The van der Waals surface area contributed by atoms with Crippen LogP contribution in [0.1, 0.15) is 51.5 Å². The lowest BCUT2D eigenvalue weighted by Gasteiger charge is -2.23. The molecule has 36 heavy (non-hydrogen) atoms. The fourth-order valence-corrected chi connectivity index (χ4v) is 3.48. The number of anilines is 1. The molecule has 0 fully saturated rings. The van der Waals surface area contributed by atoms with Crippen LogP contribution in [0.2, 0.25) is 0 Å². The average Bonchev–Trinajstić information content (AvgIpc) is 2.90. The normalized spacial score (nSPS) is 10.4. The van der Waals surface area contributed by atoms with Crippen molar-refractivity contribution in [3.05, 3.63) is 94.8 Å². The molecule has 0 unspecified atom stereocenters. The Hall–Kier alpha value is -4.40. The zero-order valence-corrected chi connectivity index (χ0v) is 20.7. The molecular formula is C27H28FN5O3. The number of amides is 1. The molecular weight excluding hydrogens is 461 g/mol. The lowest BCUT2D eigenvalue weighted by atomic mass is 10.1. The number of aryl methyl sites for hydroxylation is 1. The molecule has 0 saturated carbocycles. The third kappa shape index (κ3) is 5.99. The summed E-state index contributed by atoms with van der Waals surface area (Å²) in [6, 6.07) is 12.9. The smallest absolute Gasteiger partial charge is 0.339 e. The van der Waals surface area contributed by atoms with Crippen molar-refractivity contribution in [3.8, 4) is 0 Å². The Kier molecular flexibility index (Phi) is 8.61. The molecule has 186 valence electrons. The minimum absolute atomic E-state index is 0.0665. The highest BCUT2D eigenvalue weighted by Gasteiger charge is 2.20. The van der Waals surface area contributed by atoms with Crippen LogP contribution in [0.15, 0.2) is 60.9 Å². The van der Waals surface area contributed by atoms with Crippen LogP contribution < -0.4 is 5.73 Å². The number of rotatable bonds is 6. The quantitative estimate of drug-likeness (QED) is 0.391. The third-order valence-corrected chi connectivity index (χ3v) is 5.35. The molecule has 2 N–H and O–H groups in total. The van der Waals surface area contributed by atoms with E-state index < -0.39 is 11.8 Å². The standard InChI is InChI=1S/C25H22FN5O3.C2H6/c1-15-10-18-11-16(6-8-21(18)30-23(15)27)24(32)31(14-22-20(26)4-3-9-28-22)13-19-7-5-17(12-29-19)25(33)34-2;1-2/h3-12H,13-14H2,1-2H3,(H2,27,30);1-2H3. The number of hydrogen-bond donors (Lipinski definition) is 1. The van der Waals surface area contributed by atoms with Gasteiger partial charge in [-0.25, -0.2) is 14.2 Å². The molecule has 1 aromatic carbocycles. The molecule has 4 rings (SSSR count). The second-order valence-corrected chi connectivity index (χ2v) is 7.72. The minimum Gasteiger partial charge on any atom is -0.465 e. The van der Waals surface area contributed by atoms with Crippen LogP contribution in [0.4, 0.5) is 10.2 Å². The molecule has 0 spiro atoms. The number of hydrogen-bond acceptors (Lipinski definition) is 7. The predicted octanol–water partition coefficient (Wildman–Crippen LogP) is 4.71. The number of ether oxygens (including phenoxy) is 1. The van der Waals surface area contributed by atoms with Gasteiger partial charge < -0.3 is 15.4 Å². The van der Waals surface area contributed by atoms with Gasteiger partial charge in [0.2, 0.25) is 0 Å². The van der Waals surface area contributed by atoms with Crippen LogP contribution in [-0.2, 0) is 17.8 Å². The van der Waals surface area contributed by atoms with Gasteiger partial charge in [0.1, 0.15) is 11.6 Å². The zero-order valence-electron chi connectivity index (χ0n) is 20.7. The van der Waals surface area contributed by atoms with Crippen molar-refractivity contribution in [1.29, 1.82) is 0 Å². The summed E-state index contributed by atoms with van der Waals surface area (Å²) in [4.78, 5) is 39.3. The molecule has 0 atom stereocenters. The van der Waals surface area contributed by atoms with E-state index in [0.29, 0.717) is 22.6 Å². The van der Waals surface area contributed by atoms with Crippen LogP contribution in [0.5, 0.6) is 0 Å². The van der Waals surface area contributed by atoms with Crippen molar-refractivity contribution >= 4 is 28.6 Å². The number of methoxy groups -OCH3 is 1. The number of fused-ring (bicyclic) bond motifs is 1. The molecule has 0 radical (unpaired) electrons. The molecule has 4 aromatic rings. The fourth-order valence-electron chi connectivity index (χ4n) is 3.48. The summed E-state index contributed by atoms with van der Waals surface area (Å²) in [7, 11) is 1.28. The summed E-state index contributed by atoms with van der Waals surface area (Å²) in [5, 5.41) is 0.766. The van der Waals surface area contributed by atoms with Crippen LogP contribution in [-0.4, -0.2) is 38.8 Å². The topological polar surface area (TPSA) is 111 Å². The first-order chi connectivity index (χ1) is 17.4. The number of pyridine rings is 3. The first-order valence-corrected chi connectivity index (χ1v) is 11.4. The number of benzene rings is 1. The van der Waals surface area contributed by atoms with Gasteiger partial charge in [0.25, 0.3) is 5.91 Å². The van der Waals surface area contributed by atoms with Gasteiger partial charge in [-0.2, -0.15) is 0 Å². The average molecular weight is 490 g/mol. The van der Waals surface area contributed by atoms with Crippen molar-refractivity contribution in [2.75, 3.05) is 12.8 Å². The molecule has 0 saturated heterocycles. The lowest BCUT2D eigenvalue weighted by Crippen LogP contribution is -2.31. The zero-order chi connectivity index (χ0) is 26.2. The van der Waals surface area contributed by atoms with Gasteiger partial charge in [-0.15, -0.1) is 0 Å². The van der Waals surface area contributed by atoms with Crippen molar-refractivity contribution in [1.82, 2.24) is 19.9 Å². The second-order valence-electron chi connectivity index (χ2n) is 7.72. The molecule has 3 aromatic heterocycles. The summed E-state index contributed by atoms with van der Waals surface area (Å²) < 4.78 is 19.0. The Balaban J connectivity index is 0.00000176. The molecule has 8 nitrogen and oxygen atoms in total. The number of nitrogen functional groups attached to an aromatic ring is 1. The Labute approximate surface area is 209 Å². The van der Waals surface area contributed by atoms with E-state index in [-0.39, 0.29) is 30.3 Å². The predicted molar refractivity (Wildman–Crippen MR) is 136 cm³/mol. The molecule has 0 bridgehead atoms. The highest BCUT2D eigenvalue weighted by Crippen LogP contribution is 2.21. The maximum absolute atomic E-state index is 14.3.